The van der Waals surface area contributed by atoms with Gasteiger partial charge >= 0.3 is 11.9 Å². The molecule has 9 N–H and O–H groups in total. The van der Waals surface area contributed by atoms with Crippen molar-refractivity contribution in [2.24, 2.45) is 5.92 Å². The zero-order valence-electron chi connectivity index (χ0n) is 19.6. The summed E-state index contributed by atoms with van der Waals surface area (Å²) in [5.41, 5.74) is 5.73. The number of aliphatic carboxylic acids is 1. The number of nitrogens with two attached hydrogens (primary N) is 1. The highest BCUT2D eigenvalue weighted by Gasteiger charge is 2.49. The van der Waals surface area contributed by atoms with Gasteiger partial charge in [0.2, 0.25) is 0 Å². The van der Waals surface area contributed by atoms with Gasteiger partial charge in [0.1, 0.15) is 42.3 Å². The van der Waals surface area contributed by atoms with Gasteiger partial charge in [0.15, 0.2) is 12.4 Å². The number of benzene rings is 1. The van der Waals surface area contributed by atoms with Crippen LogP contribution in [0, 0.1) is 5.92 Å². The predicted octanol–water partition coefficient (Wildman–Crippen LogP) is -2.61. The Morgan fingerprint density at radius 2 is 1.75 bits per heavy atom. The molecule has 14 nitrogen and oxygen atoms in total. The van der Waals surface area contributed by atoms with Crippen LogP contribution in [0.4, 0.5) is 5.69 Å². The molecule has 2 heterocycles. The summed E-state index contributed by atoms with van der Waals surface area (Å²) >= 11 is 0. The molecule has 2 aliphatic heterocycles. The van der Waals surface area contributed by atoms with Crippen molar-refractivity contribution < 1.29 is 59.2 Å². The average Bonchev–Trinajstić information content (AvgIpc) is 2.83. The fraction of sp³-hybridized carbons (Fsp3) is 0.636. The molecule has 14 heteroatoms. The van der Waals surface area contributed by atoms with Gasteiger partial charge in [0, 0.05) is 17.6 Å². The van der Waals surface area contributed by atoms with Crippen LogP contribution in [0.2, 0.25) is 0 Å². The maximum absolute atomic E-state index is 12.4. The first-order chi connectivity index (χ1) is 17.0. The fourth-order valence-electron chi connectivity index (χ4n) is 4.41. The third-order valence-corrected chi connectivity index (χ3v) is 6.39. The Balaban J connectivity index is 1.67. The molecule has 36 heavy (non-hydrogen) atoms. The van der Waals surface area contributed by atoms with Crippen molar-refractivity contribution in [3.05, 3.63) is 23.8 Å². The highest BCUT2D eigenvalue weighted by atomic mass is 16.7. The Kier molecular flexibility index (Phi) is 9.08. The Bertz CT molecular complexity index is 932. The van der Waals surface area contributed by atoms with Crippen molar-refractivity contribution in [3.8, 4) is 5.75 Å². The number of aliphatic hydroxyl groups is 4. The molecule has 0 aliphatic carbocycles. The van der Waals surface area contributed by atoms with E-state index in [-0.39, 0.29) is 30.2 Å². The Morgan fingerprint density at radius 1 is 1.06 bits per heavy atom. The molecule has 2 saturated heterocycles. The summed E-state index contributed by atoms with van der Waals surface area (Å²) in [6, 6.07) is 3.43. The minimum Gasteiger partial charge on any atom is -0.507 e. The topological polar surface area (TPSA) is 230 Å². The number of nitrogens with one attached hydrogen (secondary N) is 1. The molecule has 4 unspecified atom stereocenters. The van der Waals surface area contributed by atoms with Gasteiger partial charge in [0.05, 0.1) is 18.8 Å². The van der Waals surface area contributed by atoms with Gasteiger partial charge in [-0.1, -0.05) is 0 Å². The van der Waals surface area contributed by atoms with E-state index in [4.69, 9.17) is 24.7 Å². The minimum absolute atomic E-state index is 0.154. The number of nitrogen functional groups attached to an aromatic ring is 1. The lowest BCUT2D eigenvalue weighted by atomic mass is 9.85. The summed E-state index contributed by atoms with van der Waals surface area (Å²) in [5.74, 6) is -3.47. The lowest BCUT2D eigenvalue weighted by molar-refractivity contribution is -0.301. The standard InChI is InChI=1S/C22H32N2O12/c1-8-14(24-2)11(6-34-22-18(29)16(27)17(28)19(36-22)20(30)31)15(26)13(35-8)7-33-21(32)10-5-9(23)3-4-12(10)25/h3-5,8,11,13-19,22,24-29H,6-7,23H2,1-2H3,(H,30,31)/t8-,11-,13?,14?,15-,16+,17-,18?,19?,22+/m0/s1. The van der Waals surface area contributed by atoms with Crippen LogP contribution in [0.25, 0.3) is 0 Å². The molecule has 3 rings (SSSR count). The number of likely N-dealkylation sites (N-methyl/N-ethyl adjacent to an activating group) is 1. The Labute approximate surface area is 206 Å². The van der Waals surface area contributed by atoms with Crippen LogP contribution >= 0.6 is 0 Å². The van der Waals surface area contributed by atoms with Crippen LogP contribution in [-0.2, 0) is 23.7 Å². The number of carboxylic acids is 1. The summed E-state index contributed by atoms with van der Waals surface area (Å²) in [4.78, 5) is 23.7. The first-order valence-corrected chi connectivity index (χ1v) is 11.3. The van der Waals surface area contributed by atoms with Crippen LogP contribution in [0.15, 0.2) is 18.2 Å². The third-order valence-electron chi connectivity index (χ3n) is 6.39. The number of phenols is 1. The number of aromatic hydroxyl groups is 1. The van der Waals surface area contributed by atoms with Crippen LogP contribution in [0.1, 0.15) is 17.3 Å². The van der Waals surface area contributed by atoms with E-state index in [1.807, 2.05) is 0 Å². The predicted molar refractivity (Wildman–Crippen MR) is 120 cm³/mol. The summed E-state index contributed by atoms with van der Waals surface area (Å²) < 4.78 is 21.7. The highest BCUT2D eigenvalue weighted by Crippen LogP contribution is 2.30. The van der Waals surface area contributed by atoms with Gasteiger partial charge in [-0.15, -0.1) is 0 Å². The zero-order chi connectivity index (χ0) is 26.7. The number of ether oxygens (including phenoxy) is 4. The summed E-state index contributed by atoms with van der Waals surface area (Å²) in [6.45, 7) is 1.06. The van der Waals surface area contributed by atoms with Gasteiger partial charge in [-0.3, -0.25) is 0 Å². The number of carbonyl (C=O) groups excluding carboxylic acids is 1. The second kappa shape index (κ2) is 11.7. The summed E-state index contributed by atoms with van der Waals surface area (Å²) in [7, 11) is 1.62. The van der Waals surface area contributed by atoms with Gasteiger partial charge in [0.25, 0.3) is 0 Å². The molecule has 1 aromatic carbocycles. The molecule has 0 bridgehead atoms. The molecule has 1 aromatic rings. The van der Waals surface area contributed by atoms with E-state index in [0.717, 1.165) is 0 Å². The highest BCUT2D eigenvalue weighted by molar-refractivity contribution is 5.93. The largest absolute Gasteiger partial charge is 0.507 e. The Morgan fingerprint density at radius 3 is 2.39 bits per heavy atom. The molecule has 10 atom stereocenters. The number of esters is 1. The summed E-state index contributed by atoms with van der Waals surface area (Å²) in [5, 5.41) is 63.0. The van der Waals surface area contributed by atoms with Crippen LogP contribution in [-0.4, -0.2) is 118 Å². The van der Waals surface area contributed by atoms with E-state index in [1.54, 1.807) is 14.0 Å². The van der Waals surface area contributed by atoms with E-state index in [2.05, 4.69) is 5.32 Å². The number of carbonyl (C=O) groups is 2. The fourth-order valence-corrected chi connectivity index (χ4v) is 4.41. The van der Waals surface area contributed by atoms with E-state index >= 15 is 0 Å². The first-order valence-electron chi connectivity index (χ1n) is 11.3. The molecule has 0 radical (unpaired) electrons. The number of hydrogen-bond acceptors (Lipinski definition) is 13. The molecule has 0 aromatic heterocycles. The van der Waals surface area contributed by atoms with Gasteiger partial charge in [-0.05, 0) is 32.2 Å². The first kappa shape index (κ1) is 28.0. The average molecular weight is 517 g/mol. The number of phenolic OH excluding ortho intramolecular Hbond substituents is 1. The molecule has 2 aliphatic rings. The second-order valence-corrected chi connectivity index (χ2v) is 8.79. The van der Waals surface area contributed by atoms with E-state index in [9.17, 15) is 40.2 Å². The van der Waals surface area contributed by atoms with Crippen molar-refractivity contribution in [1.82, 2.24) is 5.32 Å². The maximum Gasteiger partial charge on any atom is 0.342 e. The number of anilines is 1. The molecule has 202 valence electrons. The van der Waals surface area contributed by atoms with Gasteiger partial charge in [-0.2, -0.15) is 0 Å². The van der Waals surface area contributed by atoms with Crippen molar-refractivity contribution in [2.45, 2.75) is 62.0 Å². The van der Waals surface area contributed by atoms with Crippen molar-refractivity contribution >= 4 is 17.6 Å². The monoisotopic (exact) mass is 516 g/mol. The SMILES string of the molecule is CNC1[C@H](C)OC(COC(=O)c2cc(N)ccc2O)[C@@H](O)[C@H]1CO[C@@H]1OC(C(=O)O)[C@@H](O)[C@@H](O)C1O. The Hall–Kier alpha value is -2.56. The van der Waals surface area contributed by atoms with Crippen LogP contribution < -0.4 is 11.1 Å². The molecule has 0 amide bonds. The molecule has 0 saturated carbocycles. The number of carboxylic acid groups (broad SMARTS) is 1. The maximum atomic E-state index is 12.4. The quantitative estimate of drug-likeness (QED) is 0.101. The normalized spacial score (nSPS) is 36.8. The van der Waals surface area contributed by atoms with Crippen molar-refractivity contribution in [3.63, 3.8) is 0 Å². The zero-order valence-corrected chi connectivity index (χ0v) is 19.6. The molecule has 0 spiro atoms. The molecular formula is C22H32N2O12. The number of aliphatic hydroxyl groups excluding tert-OH is 4. The second-order valence-electron chi connectivity index (χ2n) is 8.79. The van der Waals surface area contributed by atoms with Crippen molar-refractivity contribution in [2.75, 3.05) is 26.0 Å². The van der Waals surface area contributed by atoms with E-state index in [0.29, 0.717) is 0 Å². The lowest BCUT2D eigenvalue weighted by Gasteiger charge is -2.45. The third kappa shape index (κ3) is 5.87. The summed E-state index contributed by atoms with van der Waals surface area (Å²) in [6.07, 6.45) is -11.6. The molecular weight excluding hydrogens is 484 g/mol. The smallest absolute Gasteiger partial charge is 0.342 e. The minimum atomic E-state index is -1.87. The number of rotatable bonds is 8. The van der Waals surface area contributed by atoms with Crippen molar-refractivity contribution in [1.29, 1.82) is 0 Å². The van der Waals surface area contributed by atoms with E-state index in [1.165, 1.54) is 18.2 Å². The number of hydrogen-bond donors (Lipinski definition) is 8. The molecule has 2 fully saturated rings. The van der Waals surface area contributed by atoms with Crippen LogP contribution in [0.3, 0.4) is 0 Å². The van der Waals surface area contributed by atoms with E-state index < -0.39 is 72.9 Å². The lowest BCUT2D eigenvalue weighted by Crippen LogP contribution is -2.62. The van der Waals surface area contributed by atoms with Gasteiger partial charge < -0.3 is 60.6 Å². The van der Waals surface area contributed by atoms with Crippen LogP contribution in [0.5, 0.6) is 5.75 Å². The van der Waals surface area contributed by atoms with Gasteiger partial charge in [-0.25, -0.2) is 9.59 Å².